The Kier molecular flexibility index (Phi) is 5.64. The Labute approximate surface area is 142 Å². The van der Waals surface area contributed by atoms with Gasteiger partial charge in [0.1, 0.15) is 5.75 Å². The minimum atomic E-state index is -4.62. The fraction of sp³-hybridized carbons (Fsp3) is 0.222. The minimum absolute atomic E-state index is 0.0520. The summed E-state index contributed by atoms with van der Waals surface area (Å²) in [6, 6.07) is 13.0. The molecule has 2 aromatic carbocycles. The van der Waals surface area contributed by atoms with Gasteiger partial charge in [0.15, 0.2) is 5.75 Å². The van der Waals surface area contributed by atoms with Gasteiger partial charge in [0.05, 0.1) is 7.11 Å². The number of hydrogen-bond acceptors (Lipinski definition) is 4. The summed E-state index contributed by atoms with van der Waals surface area (Å²) in [7, 11) is -3.12. The maximum atomic E-state index is 11.1. The number of benzene rings is 2. The predicted molar refractivity (Wildman–Crippen MR) is 94.6 cm³/mol. The van der Waals surface area contributed by atoms with Gasteiger partial charge in [-0.25, -0.2) is 0 Å². The first-order valence-corrected chi connectivity index (χ1v) is 8.78. The van der Waals surface area contributed by atoms with Gasteiger partial charge in [-0.15, -0.1) is 0 Å². The van der Waals surface area contributed by atoms with Crippen LogP contribution in [0, 0.1) is 0 Å². The first kappa shape index (κ1) is 18.0. The molecular weight excluding hydrogens is 328 g/mol. The van der Waals surface area contributed by atoms with Gasteiger partial charge in [0.2, 0.25) is 0 Å². The van der Waals surface area contributed by atoms with Crippen LogP contribution in [0.15, 0.2) is 42.5 Å². The van der Waals surface area contributed by atoms with Gasteiger partial charge in [0.25, 0.3) is 0 Å². The third kappa shape index (κ3) is 4.84. The van der Waals surface area contributed by atoms with E-state index in [4.69, 9.17) is 13.5 Å². The van der Waals surface area contributed by atoms with Gasteiger partial charge in [0, 0.05) is 5.56 Å². The fourth-order valence-corrected chi connectivity index (χ4v) is 2.76. The molecular formula is C18H20O5S. The van der Waals surface area contributed by atoms with Crippen LogP contribution in [0.2, 0.25) is 0 Å². The normalized spacial score (nSPS) is 11.9. The van der Waals surface area contributed by atoms with E-state index in [2.05, 4.69) is 0 Å². The number of ether oxygens (including phenoxy) is 1. The van der Waals surface area contributed by atoms with Crippen LogP contribution in [0.3, 0.4) is 0 Å². The predicted octanol–water partition coefficient (Wildman–Crippen LogP) is 4.17. The zero-order chi connectivity index (χ0) is 17.7. The van der Waals surface area contributed by atoms with E-state index in [-0.39, 0.29) is 11.7 Å². The van der Waals surface area contributed by atoms with E-state index in [1.54, 1.807) is 12.1 Å². The van der Waals surface area contributed by atoms with E-state index in [1.807, 2.05) is 56.3 Å². The first-order valence-electron chi connectivity index (χ1n) is 7.42. The Morgan fingerprint density at radius 2 is 1.58 bits per heavy atom. The number of methoxy groups -OCH3 is 1. The average Bonchev–Trinajstić information content (AvgIpc) is 2.51. The first-order chi connectivity index (χ1) is 11.3. The molecule has 2 aromatic rings. The zero-order valence-electron chi connectivity index (χ0n) is 13.8. The summed E-state index contributed by atoms with van der Waals surface area (Å²) in [6.07, 6.45) is 3.71. The molecule has 0 saturated carbocycles. The standard InChI is InChI=1S/C18H20O5S/c1-13(2)18-16(22-3)11-15(12-17(18)23-24(19,20)21)10-9-14-7-5-4-6-8-14/h4-13H,1-3H3,(H,19,20,21)/b10-9+. The second-order valence-corrected chi connectivity index (χ2v) is 6.57. The van der Waals surface area contributed by atoms with Gasteiger partial charge < -0.3 is 8.92 Å². The van der Waals surface area contributed by atoms with Crippen molar-refractivity contribution in [2.75, 3.05) is 7.11 Å². The van der Waals surface area contributed by atoms with Crippen LogP contribution in [0.25, 0.3) is 12.2 Å². The molecule has 0 spiro atoms. The highest BCUT2D eigenvalue weighted by Gasteiger charge is 2.19. The van der Waals surface area contributed by atoms with Gasteiger partial charge in [-0.05, 0) is 29.2 Å². The molecule has 0 bridgehead atoms. The van der Waals surface area contributed by atoms with Crippen molar-refractivity contribution >= 4 is 22.6 Å². The van der Waals surface area contributed by atoms with Crippen LogP contribution in [-0.4, -0.2) is 20.1 Å². The van der Waals surface area contributed by atoms with E-state index in [1.165, 1.54) is 7.11 Å². The van der Waals surface area contributed by atoms with Gasteiger partial charge in [-0.1, -0.05) is 56.3 Å². The highest BCUT2D eigenvalue weighted by Crippen LogP contribution is 2.37. The van der Waals surface area contributed by atoms with Crippen molar-refractivity contribution in [3.05, 3.63) is 59.2 Å². The van der Waals surface area contributed by atoms with Crippen molar-refractivity contribution in [3.8, 4) is 11.5 Å². The van der Waals surface area contributed by atoms with Crippen molar-refractivity contribution in [1.29, 1.82) is 0 Å². The topological polar surface area (TPSA) is 72.8 Å². The molecule has 0 aromatic heterocycles. The van der Waals surface area contributed by atoms with Crippen LogP contribution in [-0.2, 0) is 10.4 Å². The molecule has 0 aliphatic rings. The van der Waals surface area contributed by atoms with Crippen LogP contribution in [0.1, 0.15) is 36.5 Å². The van der Waals surface area contributed by atoms with Crippen LogP contribution >= 0.6 is 0 Å². The van der Waals surface area contributed by atoms with E-state index in [0.29, 0.717) is 16.9 Å². The van der Waals surface area contributed by atoms with Crippen LogP contribution in [0.5, 0.6) is 11.5 Å². The molecule has 0 atom stereocenters. The van der Waals surface area contributed by atoms with E-state index < -0.39 is 10.4 Å². The smallest absolute Gasteiger partial charge is 0.446 e. The Morgan fingerprint density at radius 3 is 2.12 bits per heavy atom. The summed E-state index contributed by atoms with van der Waals surface area (Å²) >= 11 is 0. The SMILES string of the molecule is COc1cc(/C=C/c2ccccc2)cc(OS(=O)(=O)O)c1C(C)C. The van der Waals surface area contributed by atoms with Gasteiger partial charge in [-0.3, -0.25) is 4.55 Å². The van der Waals surface area contributed by atoms with E-state index in [0.717, 1.165) is 5.56 Å². The average molecular weight is 348 g/mol. The van der Waals surface area contributed by atoms with Crippen molar-refractivity contribution in [3.63, 3.8) is 0 Å². The lowest BCUT2D eigenvalue weighted by Gasteiger charge is -2.17. The monoisotopic (exact) mass is 348 g/mol. The summed E-state index contributed by atoms with van der Waals surface area (Å²) in [5.74, 6) is 0.502. The molecule has 0 saturated heterocycles. The minimum Gasteiger partial charge on any atom is -0.496 e. The third-order valence-electron chi connectivity index (χ3n) is 3.39. The third-order valence-corrected chi connectivity index (χ3v) is 3.78. The highest BCUT2D eigenvalue weighted by atomic mass is 32.3. The lowest BCUT2D eigenvalue weighted by molar-refractivity contribution is 0.377. The largest absolute Gasteiger partial charge is 0.496 e. The highest BCUT2D eigenvalue weighted by molar-refractivity contribution is 7.81. The molecule has 128 valence electrons. The summed E-state index contributed by atoms with van der Waals surface area (Å²) < 4.78 is 41.4. The molecule has 24 heavy (non-hydrogen) atoms. The molecule has 0 fully saturated rings. The van der Waals surface area contributed by atoms with Crippen molar-refractivity contribution < 1.29 is 21.9 Å². The van der Waals surface area contributed by atoms with Gasteiger partial charge >= 0.3 is 10.4 Å². The quantitative estimate of drug-likeness (QED) is 0.626. The maximum Gasteiger partial charge on any atom is 0.446 e. The second kappa shape index (κ2) is 7.51. The Hall–Kier alpha value is -2.31. The van der Waals surface area contributed by atoms with Gasteiger partial charge in [-0.2, -0.15) is 8.42 Å². The molecule has 1 N–H and O–H groups in total. The second-order valence-electron chi connectivity index (χ2n) is 5.54. The number of hydrogen-bond donors (Lipinski definition) is 1. The Balaban J connectivity index is 2.50. The molecule has 0 heterocycles. The summed E-state index contributed by atoms with van der Waals surface area (Å²) in [5.41, 5.74) is 2.27. The number of rotatable bonds is 6. The Bertz CT molecular complexity index is 824. The molecule has 0 aliphatic carbocycles. The lowest BCUT2D eigenvalue weighted by Crippen LogP contribution is -2.10. The molecule has 2 rings (SSSR count). The van der Waals surface area contributed by atoms with Crippen molar-refractivity contribution in [2.24, 2.45) is 0 Å². The van der Waals surface area contributed by atoms with Crippen molar-refractivity contribution in [2.45, 2.75) is 19.8 Å². The Morgan fingerprint density at radius 1 is 1.00 bits per heavy atom. The lowest BCUT2D eigenvalue weighted by atomic mass is 9.98. The fourth-order valence-electron chi connectivity index (χ4n) is 2.39. The molecule has 0 unspecified atom stereocenters. The summed E-state index contributed by atoms with van der Waals surface area (Å²) in [4.78, 5) is 0. The molecule has 0 aliphatic heterocycles. The summed E-state index contributed by atoms with van der Waals surface area (Å²) in [5, 5.41) is 0. The molecule has 0 radical (unpaired) electrons. The van der Waals surface area contributed by atoms with E-state index in [9.17, 15) is 8.42 Å². The van der Waals surface area contributed by atoms with Crippen LogP contribution in [0.4, 0.5) is 0 Å². The zero-order valence-corrected chi connectivity index (χ0v) is 14.6. The molecule has 5 nitrogen and oxygen atoms in total. The molecule has 0 amide bonds. The molecule has 6 heteroatoms. The summed E-state index contributed by atoms with van der Waals surface area (Å²) in [6.45, 7) is 3.77. The van der Waals surface area contributed by atoms with Crippen LogP contribution < -0.4 is 8.92 Å². The van der Waals surface area contributed by atoms with Crippen molar-refractivity contribution in [1.82, 2.24) is 0 Å². The maximum absolute atomic E-state index is 11.1. The van der Waals surface area contributed by atoms with E-state index >= 15 is 0 Å².